The van der Waals surface area contributed by atoms with E-state index in [1.807, 2.05) is 51.1 Å². The topological polar surface area (TPSA) is 57.7 Å². The Morgan fingerprint density at radius 3 is 2.28 bits per heavy atom. The van der Waals surface area contributed by atoms with Crippen LogP contribution in [0.15, 0.2) is 45.8 Å². The van der Waals surface area contributed by atoms with Crippen LogP contribution in [0.2, 0.25) is 0 Å². The van der Waals surface area contributed by atoms with Crippen LogP contribution in [0.25, 0.3) is 0 Å². The van der Waals surface area contributed by atoms with E-state index in [0.29, 0.717) is 30.8 Å². The molecule has 5 nitrogen and oxygen atoms in total. The highest BCUT2D eigenvalue weighted by Crippen LogP contribution is 2.29. The molecule has 1 amide bonds. The van der Waals surface area contributed by atoms with E-state index in [-0.39, 0.29) is 11.8 Å². The van der Waals surface area contributed by atoms with Crippen molar-refractivity contribution in [3.05, 3.63) is 57.6 Å². The molecule has 1 fully saturated rings. The zero-order valence-corrected chi connectivity index (χ0v) is 19.7. The average Bonchev–Trinajstić information content (AvgIpc) is 2.66. The van der Waals surface area contributed by atoms with Gasteiger partial charge in [-0.15, -0.1) is 0 Å². The fourth-order valence-corrected chi connectivity index (χ4v) is 6.11. The molecule has 1 saturated heterocycles. The van der Waals surface area contributed by atoms with Gasteiger partial charge in [-0.1, -0.05) is 33.6 Å². The molecule has 0 radical (unpaired) electrons. The monoisotopic (exact) mass is 478 g/mol. The number of aryl methyl sites for hydroxylation is 3. The second-order valence-corrected chi connectivity index (χ2v) is 10.6. The zero-order chi connectivity index (χ0) is 21.3. The molecule has 1 heterocycles. The number of piperidine rings is 1. The lowest BCUT2D eigenvalue weighted by molar-refractivity contribution is -0.123. The highest BCUT2D eigenvalue weighted by molar-refractivity contribution is 9.10. The Morgan fingerprint density at radius 2 is 1.69 bits per heavy atom. The van der Waals surface area contributed by atoms with Gasteiger partial charge in [-0.3, -0.25) is 4.79 Å². The largest absolute Gasteiger partial charge is 0.315 e. The maximum atomic E-state index is 13.1. The molecule has 0 atom stereocenters. The van der Waals surface area contributed by atoms with Crippen LogP contribution in [0.3, 0.4) is 0 Å². The van der Waals surface area contributed by atoms with E-state index < -0.39 is 10.0 Å². The third-order valence-corrected chi connectivity index (χ3v) is 8.15. The van der Waals surface area contributed by atoms with Crippen LogP contribution in [0.5, 0.6) is 0 Å². The van der Waals surface area contributed by atoms with Crippen molar-refractivity contribution in [3.8, 4) is 0 Å². The molecule has 3 rings (SSSR count). The zero-order valence-electron chi connectivity index (χ0n) is 17.3. The maximum absolute atomic E-state index is 13.1. The highest BCUT2D eigenvalue weighted by atomic mass is 79.9. The van der Waals surface area contributed by atoms with Crippen molar-refractivity contribution in [1.29, 1.82) is 0 Å². The van der Waals surface area contributed by atoms with E-state index in [4.69, 9.17) is 0 Å². The van der Waals surface area contributed by atoms with Gasteiger partial charge in [0, 0.05) is 36.2 Å². The molecule has 0 aliphatic carbocycles. The molecular formula is C22H27BrN2O3S. The summed E-state index contributed by atoms with van der Waals surface area (Å²) in [5.41, 5.74) is 3.69. The van der Waals surface area contributed by atoms with Gasteiger partial charge in [-0.25, -0.2) is 8.42 Å². The number of nitrogens with zero attached hydrogens (tertiary/aromatic N) is 2. The van der Waals surface area contributed by atoms with E-state index in [1.54, 1.807) is 18.0 Å². The van der Waals surface area contributed by atoms with E-state index >= 15 is 0 Å². The average molecular weight is 479 g/mol. The summed E-state index contributed by atoms with van der Waals surface area (Å²) >= 11 is 3.45. The molecule has 156 valence electrons. The SMILES string of the molecule is Cc1ccc(S(=O)(=O)N2CCC(C(=O)N(C)c3ccc(Br)cc3C)CC2)c(C)c1. The van der Waals surface area contributed by atoms with E-state index in [2.05, 4.69) is 15.9 Å². The summed E-state index contributed by atoms with van der Waals surface area (Å²) in [5.74, 6) is -0.132. The van der Waals surface area contributed by atoms with Gasteiger partial charge in [0.05, 0.1) is 4.90 Å². The van der Waals surface area contributed by atoms with Gasteiger partial charge in [0.1, 0.15) is 0 Å². The van der Waals surface area contributed by atoms with Crippen molar-refractivity contribution in [2.45, 2.75) is 38.5 Å². The molecule has 2 aromatic rings. The lowest BCUT2D eigenvalue weighted by Crippen LogP contribution is -2.43. The molecule has 0 bridgehead atoms. The van der Waals surface area contributed by atoms with Crippen molar-refractivity contribution in [3.63, 3.8) is 0 Å². The second-order valence-electron chi connectivity index (χ2n) is 7.78. The Hall–Kier alpha value is -1.70. The molecule has 7 heteroatoms. The van der Waals surface area contributed by atoms with Crippen molar-refractivity contribution < 1.29 is 13.2 Å². The number of hydrogen-bond acceptors (Lipinski definition) is 3. The number of rotatable bonds is 4. The van der Waals surface area contributed by atoms with Gasteiger partial charge in [0.15, 0.2) is 0 Å². The molecule has 0 spiro atoms. The molecule has 29 heavy (non-hydrogen) atoms. The van der Waals surface area contributed by atoms with Gasteiger partial charge in [-0.2, -0.15) is 4.31 Å². The molecule has 0 aromatic heterocycles. The third kappa shape index (κ3) is 4.57. The summed E-state index contributed by atoms with van der Waals surface area (Å²) < 4.78 is 28.6. The van der Waals surface area contributed by atoms with Crippen LogP contribution >= 0.6 is 15.9 Å². The number of benzene rings is 2. The standard InChI is InChI=1S/C22H27BrN2O3S/c1-15-5-8-21(17(3)13-15)29(27,28)25-11-9-18(10-12-25)22(26)24(4)20-7-6-19(23)14-16(20)2/h5-8,13-14,18H,9-12H2,1-4H3. The van der Waals surface area contributed by atoms with Crippen LogP contribution in [-0.4, -0.2) is 38.8 Å². The Balaban J connectivity index is 1.70. The normalized spacial score (nSPS) is 16.0. The van der Waals surface area contributed by atoms with Crippen molar-refractivity contribution >= 4 is 37.5 Å². The van der Waals surface area contributed by atoms with Crippen molar-refractivity contribution in [1.82, 2.24) is 4.31 Å². The Labute approximate surface area is 181 Å². The summed E-state index contributed by atoms with van der Waals surface area (Å²) in [6.45, 7) is 6.47. The minimum atomic E-state index is -3.54. The quantitative estimate of drug-likeness (QED) is 0.652. The lowest BCUT2D eigenvalue weighted by Gasteiger charge is -2.33. The lowest BCUT2D eigenvalue weighted by atomic mass is 9.96. The summed E-state index contributed by atoms with van der Waals surface area (Å²) in [4.78, 5) is 15.1. The van der Waals surface area contributed by atoms with Crippen LogP contribution in [0.4, 0.5) is 5.69 Å². The van der Waals surface area contributed by atoms with Crippen LogP contribution < -0.4 is 4.90 Å². The van der Waals surface area contributed by atoms with Crippen LogP contribution in [0.1, 0.15) is 29.5 Å². The van der Waals surface area contributed by atoms with E-state index in [9.17, 15) is 13.2 Å². The summed E-state index contributed by atoms with van der Waals surface area (Å²) in [7, 11) is -1.75. The fraction of sp³-hybridized carbons (Fsp3) is 0.409. The number of carbonyl (C=O) groups excluding carboxylic acids is 1. The predicted octanol–water partition coefficient (Wildman–Crippen LogP) is 4.44. The number of hydrogen-bond donors (Lipinski definition) is 0. The van der Waals surface area contributed by atoms with Gasteiger partial charge in [0.2, 0.25) is 15.9 Å². The predicted molar refractivity (Wildman–Crippen MR) is 120 cm³/mol. The number of amides is 1. The Bertz CT molecular complexity index is 1030. The molecule has 1 aliphatic rings. The Kier molecular flexibility index (Phi) is 6.51. The van der Waals surface area contributed by atoms with Gasteiger partial charge in [-0.05, 0) is 69.0 Å². The molecule has 0 unspecified atom stereocenters. The Morgan fingerprint density at radius 1 is 1.03 bits per heavy atom. The van der Waals surface area contributed by atoms with Gasteiger partial charge >= 0.3 is 0 Å². The smallest absolute Gasteiger partial charge is 0.243 e. The number of halogens is 1. The fourth-order valence-electron chi connectivity index (χ4n) is 3.96. The first kappa shape index (κ1) is 22.0. The van der Waals surface area contributed by atoms with Crippen LogP contribution in [0, 0.1) is 26.7 Å². The van der Waals surface area contributed by atoms with Gasteiger partial charge < -0.3 is 4.90 Å². The number of anilines is 1. The maximum Gasteiger partial charge on any atom is 0.243 e. The molecule has 0 saturated carbocycles. The first-order valence-corrected chi connectivity index (χ1v) is 12.0. The van der Waals surface area contributed by atoms with Crippen molar-refractivity contribution in [2.75, 3.05) is 25.0 Å². The minimum Gasteiger partial charge on any atom is -0.315 e. The second kappa shape index (κ2) is 8.58. The summed E-state index contributed by atoms with van der Waals surface area (Å²) in [6.07, 6.45) is 1.06. The molecule has 0 N–H and O–H groups in total. The van der Waals surface area contributed by atoms with Crippen molar-refractivity contribution in [2.24, 2.45) is 5.92 Å². The number of sulfonamides is 1. The first-order chi connectivity index (χ1) is 13.6. The molecular weight excluding hydrogens is 452 g/mol. The molecule has 2 aromatic carbocycles. The molecule has 1 aliphatic heterocycles. The third-order valence-electron chi connectivity index (χ3n) is 5.60. The highest BCUT2D eigenvalue weighted by Gasteiger charge is 2.34. The summed E-state index contributed by atoms with van der Waals surface area (Å²) in [6, 6.07) is 11.2. The number of carbonyl (C=O) groups is 1. The minimum absolute atomic E-state index is 0.0407. The summed E-state index contributed by atoms with van der Waals surface area (Å²) in [5, 5.41) is 0. The van der Waals surface area contributed by atoms with Crippen LogP contribution in [-0.2, 0) is 14.8 Å². The van der Waals surface area contributed by atoms with E-state index in [0.717, 1.165) is 26.9 Å². The van der Waals surface area contributed by atoms with E-state index in [1.165, 1.54) is 4.31 Å². The van der Waals surface area contributed by atoms with Gasteiger partial charge in [0.25, 0.3) is 0 Å². The first-order valence-electron chi connectivity index (χ1n) is 9.72.